The zero-order valence-electron chi connectivity index (χ0n) is 6.84. The fourth-order valence-electron chi connectivity index (χ4n) is 0.800. The summed E-state index contributed by atoms with van der Waals surface area (Å²) in [7, 11) is 1.21. The number of methoxy groups -OCH3 is 1. The third-order valence-electron chi connectivity index (χ3n) is 1.38. The standard InChI is InChI=1S/C6H7N3O4/c1-13-5(10)4-8-3-2-7-6(8)9(11)12/h2-3H,4H2,1H3. The molecule has 0 bridgehead atoms. The number of imidazole rings is 1. The molecule has 1 aromatic heterocycles. The lowest BCUT2D eigenvalue weighted by molar-refractivity contribution is -0.396. The van der Waals surface area contributed by atoms with Crippen LogP contribution in [0.25, 0.3) is 0 Å². The summed E-state index contributed by atoms with van der Waals surface area (Å²) in [4.78, 5) is 23.9. The van der Waals surface area contributed by atoms with Crippen molar-refractivity contribution in [3.05, 3.63) is 22.5 Å². The van der Waals surface area contributed by atoms with Crippen molar-refractivity contribution in [2.75, 3.05) is 7.11 Å². The molecule has 0 aliphatic carbocycles. The Morgan fingerprint density at radius 3 is 3.08 bits per heavy atom. The first-order valence-electron chi connectivity index (χ1n) is 3.37. The summed E-state index contributed by atoms with van der Waals surface area (Å²) in [6.07, 6.45) is 2.59. The van der Waals surface area contributed by atoms with Crippen molar-refractivity contribution in [3.63, 3.8) is 0 Å². The van der Waals surface area contributed by atoms with E-state index in [1.165, 1.54) is 19.5 Å². The van der Waals surface area contributed by atoms with Crippen LogP contribution in [0, 0.1) is 10.1 Å². The minimum absolute atomic E-state index is 0.202. The van der Waals surface area contributed by atoms with E-state index in [4.69, 9.17) is 0 Å². The van der Waals surface area contributed by atoms with Gasteiger partial charge in [0.1, 0.15) is 12.4 Å². The molecule has 0 amide bonds. The highest BCUT2D eigenvalue weighted by Crippen LogP contribution is 2.06. The summed E-state index contributed by atoms with van der Waals surface area (Å²) in [5.41, 5.74) is 0. The molecule has 0 unspecified atom stereocenters. The van der Waals surface area contributed by atoms with E-state index in [1.807, 2.05) is 0 Å². The Balaban J connectivity index is 2.82. The molecule has 1 heterocycles. The van der Waals surface area contributed by atoms with Gasteiger partial charge >= 0.3 is 11.9 Å². The van der Waals surface area contributed by atoms with Gasteiger partial charge in [0.15, 0.2) is 6.54 Å². The van der Waals surface area contributed by atoms with Crippen LogP contribution >= 0.6 is 0 Å². The molecule has 7 heteroatoms. The Morgan fingerprint density at radius 1 is 1.85 bits per heavy atom. The van der Waals surface area contributed by atoms with Crippen LogP contribution in [0.2, 0.25) is 0 Å². The van der Waals surface area contributed by atoms with Crippen LogP contribution in [0.4, 0.5) is 5.95 Å². The maximum atomic E-state index is 10.8. The van der Waals surface area contributed by atoms with E-state index in [0.717, 1.165) is 4.57 Å². The molecule has 0 saturated carbocycles. The molecular formula is C6H7N3O4. The predicted molar refractivity (Wildman–Crippen MR) is 40.9 cm³/mol. The van der Waals surface area contributed by atoms with Gasteiger partial charge in [-0.05, 0) is 4.92 Å². The van der Waals surface area contributed by atoms with Crippen molar-refractivity contribution in [2.24, 2.45) is 0 Å². The molecule has 0 N–H and O–H groups in total. The highest BCUT2D eigenvalue weighted by atomic mass is 16.6. The summed E-state index contributed by atoms with van der Waals surface area (Å²) in [6, 6.07) is 0. The molecule has 13 heavy (non-hydrogen) atoms. The highest BCUT2D eigenvalue weighted by Gasteiger charge is 2.16. The Morgan fingerprint density at radius 2 is 2.54 bits per heavy atom. The van der Waals surface area contributed by atoms with Crippen LogP contribution < -0.4 is 0 Å². The fraction of sp³-hybridized carbons (Fsp3) is 0.333. The first-order chi connectivity index (χ1) is 6.15. The number of esters is 1. The summed E-state index contributed by atoms with van der Waals surface area (Å²) < 4.78 is 5.45. The number of rotatable bonds is 3. The molecule has 0 fully saturated rings. The van der Waals surface area contributed by atoms with Gasteiger partial charge < -0.3 is 14.9 Å². The maximum Gasteiger partial charge on any atom is 0.435 e. The molecule has 0 aliphatic rings. The minimum Gasteiger partial charge on any atom is -0.467 e. The Bertz CT molecular complexity index is 332. The lowest BCUT2D eigenvalue weighted by Gasteiger charge is -1.98. The summed E-state index contributed by atoms with van der Waals surface area (Å²) in [5.74, 6) is -0.925. The average Bonchev–Trinajstić information content (AvgIpc) is 2.52. The third kappa shape index (κ3) is 2.01. The zero-order valence-corrected chi connectivity index (χ0v) is 6.84. The quantitative estimate of drug-likeness (QED) is 0.374. The van der Waals surface area contributed by atoms with Crippen LogP contribution in [-0.2, 0) is 16.1 Å². The number of hydrogen-bond donors (Lipinski definition) is 0. The first-order valence-corrected chi connectivity index (χ1v) is 3.37. The second-order valence-corrected chi connectivity index (χ2v) is 2.19. The lowest BCUT2D eigenvalue weighted by atomic mass is 10.6. The van der Waals surface area contributed by atoms with Crippen LogP contribution in [0.15, 0.2) is 12.4 Å². The van der Waals surface area contributed by atoms with Gasteiger partial charge in [0.2, 0.25) is 0 Å². The normalized spacial score (nSPS) is 9.62. The molecule has 70 valence electrons. The van der Waals surface area contributed by atoms with Gasteiger partial charge in [-0.2, -0.15) is 0 Å². The monoisotopic (exact) mass is 185 g/mol. The Kier molecular flexibility index (Phi) is 2.58. The number of aromatic nitrogens is 2. The molecular weight excluding hydrogens is 178 g/mol. The molecule has 1 rings (SSSR count). The van der Waals surface area contributed by atoms with Gasteiger partial charge in [-0.25, -0.2) is 9.36 Å². The van der Waals surface area contributed by atoms with E-state index in [2.05, 4.69) is 9.72 Å². The van der Waals surface area contributed by atoms with E-state index in [9.17, 15) is 14.9 Å². The van der Waals surface area contributed by atoms with E-state index < -0.39 is 10.9 Å². The molecule has 0 aromatic carbocycles. The van der Waals surface area contributed by atoms with Crippen molar-refractivity contribution >= 4 is 11.9 Å². The largest absolute Gasteiger partial charge is 0.467 e. The van der Waals surface area contributed by atoms with Crippen molar-refractivity contribution in [2.45, 2.75) is 6.54 Å². The van der Waals surface area contributed by atoms with Gasteiger partial charge in [-0.15, -0.1) is 0 Å². The summed E-state index contributed by atoms with van der Waals surface area (Å²) in [6.45, 7) is -0.202. The second kappa shape index (κ2) is 3.65. The van der Waals surface area contributed by atoms with Gasteiger partial charge in [-0.3, -0.25) is 0 Å². The average molecular weight is 185 g/mol. The molecule has 0 spiro atoms. The summed E-state index contributed by atoms with van der Waals surface area (Å²) in [5, 5.41) is 10.3. The van der Waals surface area contributed by atoms with E-state index in [-0.39, 0.29) is 12.5 Å². The van der Waals surface area contributed by atoms with E-state index >= 15 is 0 Å². The number of ether oxygens (including phenoxy) is 1. The number of carbonyl (C=O) groups excluding carboxylic acids is 1. The highest BCUT2D eigenvalue weighted by molar-refractivity contribution is 5.69. The smallest absolute Gasteiger partial charge is 0.435 e. The third-order valence-corrected chi connectivity index (χ3v) is 1.38. The zero-order chi connectivity index (χ0) is 9.84. The fourth-order valence-corrected chi connectivity index (χ4v) is 0.800. The Hall–Kier alpha value is -1.92. The van der Waals surface area contributed by atoms with Gasteiger partial charge in [0.25, 0.3) is 0 Å². The predicted octanol–water partition coefficient (Wildman–Crippen LogP) is -0.0357. The van der Waals surface area contributed by atoms with Gasteiger partial charge in [0, 0.05) is 0 Å². The van der Waals surface area contributed by atoms with Crippen molar-refractivity contribution < 1.29 is 14.5 Å². The van der Waals surface area contributed by atoms with Gasteiger partial charge in [-0.1, -0.05) is 4.98 Å². The molecule has 1 aromatic rings. The number of carbonyl (C=O) groups is 1. The van der Waals surface area contributed by atoms with Gasteiger partial charge in [0.05, 0.1) is 7.11 Å². The Labute approximate surface area is 73.1 Å². The molecule has 7 nitrogen and oxygen atoms in total. The van der Waals surface area contributed by atoms with Crippen molar-refractivity contribution in [1.82, 2.24) is 9.55 Å². The molecule has 0 radical (unpaired) electrons. The van der Waals surface area contributed by atoms with E-state index in [0.29, 0.717) is 0 Å². The maximum absolute atomic E-state index is 10.8. The van der Waals surface area contributed by atoms with Crippen molar-refractivity contribution in [1.29, 1.82) is 0 Å². The lowest BCUT2D eigenvalue weighted by Crippen LogP contribution is -2.12. The van der Waals surface area contributed by atoms with E-state index in [1.54, 1.807) is 0 Å². The van der Waals surface area contributed by atoms with Crippen LogP contribution in [0.1, 0.15) is 0 Å². The topological polar surface area (TPSA) is 87.3 Å². The molecule has 0 atom stereocenters. The molecule has 0 saturated heterocycles. The minimum atomic E-state index is -0.664. The first kappa shape index (κ1) is 9.17. The van der Waals surface area contributed by atoms with Crippen LogP contribution in [0.3, 0.4) is 0 Å². The van der Waals surface area contributed by atoms with Crippen molar-refractivity contribution in [3.8, 4) is 0 Å². The summed E-state index contributed by atoms with van der Waals surface area (Å²) >= 11 is 0. The number of nitrogens with zero attached hydrogens (tertiary/aromatic N) is 3. The number of hydrogen-bond acceptors (Lipinski definition) is 5. The second-order valence-electron chi connectivity index (χ2n) is 2.19. The number of nitro groups is 1. The van der Waals surface area contributed by atoms with Crippen LogP contribution in [0.5, 0.6) is 0 Å². The van der Waals surface area contributed by atoms with Crippen LogP contribution in [-0.4, -0.2) is 27.6 Å². The SMILES string of the molecule is COC(=O)Cn1ccnc1[N+](=O)[O-]. The molecule has 0 aliphatic heterocycles.